The molecule has 3 aromatic rings. The summed E-state index contributed by atoms with van der Waals surface area (Å²) in [6.07, 6.45) is 0.618. The van der Waals surface area contributed by atoms with Crippen LogP contribution in [0.4, 0.5) is 13.2 Å². The van der Waals surface area contributed by atoms with Crippen LogP contribution in [0.15, 0.2) is 59.8 Å². The van der Waals surface area contributed by atoms with Gasteiger partial charge in [0.1, 0.15) is 0 Å². The van der Waals surface area contributed by atoms with E-state index in [-0.39, 0.29) is 18.9 Å². The lowest BCUT2D eigenvalue weighted by atomic mass is 9.94. The number of aryl methyl sites for hydroxylation is 2. The number of nitrogens with zero attached hydrogens (tertiary/aromatic N) is 2. The number of carbonyl (C=O) groups excluding carboxylic acids is 1. The zero-order valence-corrected chi connectivity index (χ0v) is 22.3. The van der Waals surface area contributed by atoms with Crippen molar-refractivity contribution in [3.8, 4) is 11.1 Å². The summed E-state index contributed by atoms with van der Waals surface area (Å²) in [5.74, 6) is -0.254. The summed E-state index contributed by atoms with van der Waals surface area (Å²) < 4.78 is 45.5. The molecule has 38 heavy (non-hydrogen) atoms. The van der Waals surface area contributed by atoms with E-state index in [0.717, 1.165) is 33.9 Å². The summed E-state index contributed by atoms with van der Waals surface area (Å²) in [6, 6.07) is 8.64. The molecule has 0 aliphatic heterocycles. The van der Waals surface area contributed by atoms with Crippen LogP contribution in [0.25, 0.3) is 11.1 Å². The monoisotopic (exact) mass is 529 g/mol. The molecule has 9 heteroatoms. The highest BCUT2D eigenvalue weighted by atomic mass is 19.4. The third kappa shape index (κ3) is 7.31. The van der Waals surface area contributed by atoms with Gasteiger partial charge in [-0.1, -0.05) is 32.0 Å². The predicted molar refractivity (Wildman–Crippen MR) is 141 cm³/mol. The van der Waals surface area contributed by atoms with Gasteiger partial charge in [-0.3, -0.25) is 14.6 Å². The van der Waals surface area contributed by atoms with Gasteiger partial charge in [-0.15, -0.1) is 0 Å². The number of rotatable bonds is 10. The molecule has 0 fully saturated rings. The van der Waals surface area contributed by atoms with Crippen LogP contribution in [-0.4, -0.2) is 29.2 Å². The average molecular weight is 530 g/mol. The van der Waals surface area contributed by atoms with Crippen molar-refractivity contribution in [1.29, 1.82) is 0 Å². The average Bonchev–Trinajstić information content (AvgIpc) is 2.85. The number of pyridine rings is 2. The van der Waals surface area contributed by atoms with Gasteiger partial charge in [-0.05, 0) is 60.6 Å². The van der Waals surface area contributed by atoms with Gasteiger partial charge in [0.05, 0.1) is 19.1 Å². The van der Waals surface area contributed by atoms with Crippen LogP contribution < -0.4 is 10.9 Å². The summed E-state index contributed by atoms with van der Waals surface area (Å²) in [5.41, 5.74) is 3.22. The summed E-state index contributed by atoms with van der Waals surface area (Å²) in [5, 5.41) is 3.36. The second-order valence-electron chi connectivity index (χ2n) is 9.96. The van der Waals surface area contributed by atoms with E-state index in [9.17, 15) is 22.8 Å². The van der Waals surface area contributed by atoms with E-state index >= 15 is 0 Å². The van der Waals surface area contributed by atoms with Crippen molar-refractivity contribution < 1.29 is 22.7 Å². The number of alkyl halides is 3. The summed E-state index contributed by atoms with van der Waals surface area (Å²) >= 11 is 0. The molecule has 0 spiro atoms. The first-order valence-corrected chi connectivity index (χ1v) is 12.5. The highest BCUT2D eigenvalue weighted by Crippen LogP contribution is 2.30. The molecular weight excluding hydrogens is 495 g/mol. The molecule has 0 radical (unpaired) electrons. The van der Waals surface area contributed by atoms with Crippen molar-refractivity contribution in [2.45, 2.75) is 58.8 Å². The van der Waals surface area contributed by atoms with E-state index in [2.05, 4.69) is 10.3 Å². The fourth-order valence-corrected chi connectivity index (χ4v) is 4.70. The summed E-state index contributed by atoms with van der Waals surface area (Å²) in [6.45, 7) is 8.26. The molecule has 1 aromatic carbocycles. The number of nitrogens with one attached hydrogen (secondary N) is 1. The maximum atomic E-state index is 13.1. The molecule has 0 aliphatic rings. The number of halogens is 3. The predicted octanol–water partition coefficient (Wildman–Crippen LogP) is 6.03. The van der Waals surface area contributed by atoms with E-state index in [4.69, 9.17) is 4.74 Å². The molecule has 2 aromatic heterocycles. The molecule has 0 unspecified atom stereocenters. The fourth-order valence-electron chi connectivity index (χ4n) is 4.70. The molecule has 0 bridgehead atoms. The van der Waals surface area contributed by atoms with Crippen LogP contribution >= 0.6 is 0 Å². The van der Waals surface area contributed by atoms with Gasteiger partial charge >= 0.3 is 12.1 Å². The molecule has 0 amide bonds. The molecular formula is C29H34F3N3O3. The maximum Gasteiger partial charge on any atom is 0.416 e. The minimum atomic E-state index is -4.59. The van der Waals surface area contributed by atoms with E-state index < -0.39 is 35.4 Å². The smallest absolute Gasteiger partial charge is 0.416 e. The number of hydrogen-bond acceptors (Lipinski definition) is 5. The van der Waals surface area contributed by atoms with Crippen molar-refractivity contribution in [2.24, 2.45) is 5.92 Å². The van der Waals surface area contributed by atoms with Crippen molar-refractivity contribution in [3.05, 3.63) is 87.6 Å². The summed E-state index contributed by atoms with van der Waals surface area (Å²) in [7, 11) is 1.31. The molecule has 1 N–H and O–H groups in total. The Morgan fingerprint density at radius 2 is 1.79 bits per heavy atom. The van der Waals surface area contributed by atoms with Crippen molar-refractivity contribution in [1.82, 2.24) is 14.9 Å². The Morgan fingerprint density at radius 1 is 1.11 bits per heavy atom. The molecule has 204 valence electrons. The third-order valence-electron chi connectivity index (χ3n) is 6.54. The first-order valence-electron chi connectivity index (χ1n) is 12.5. The highest BCUT2D eigenvalue weighted by molar-refractivity contribution is 5.72. The Labute approximate surface area is 220 Å². The topological polar surface area (TPSA) is 73.2 Å². The lowest BCUT2D eigenvalue weighted by Gasteiger charge is -2.26. The zero-order valence-electron chi connectivity index (χ0n) is 22.3. The van der Waals surface area contributed by atoms with Crippen LogP contribution in [0.2, 0.25) is 0 Å². The Kier molecular flexibility index (Phi) is 9.49. The summed E-state index contributed by atoms with van der Waals surface area (Å²) in [4.78, 5) is 29.4. The molecule has 0 saturated heterocycles. The lowest BCUT2D eigenvalue weighted by molar-refractivity contribution is -0.141. The van der Waals surface area contributed by atoms with E-state index in [1.54, 1.807) is 12.4 Å². The number of benzene rings is 1. The van der Waals surface area contributed by atoms with Crippen LogP contribution in [-0.2, 0) is 15.7 Å². The minimum Gasteiger partial charge on any atom is -0.469 e. The van der Waals surface area contributed by atoms with Crippen molar-refractivity contribution in [3.63, 3.8) is 0 Å². The molecule has 0 aliphatic carbocycles. The van der Waals surface area contributed by atoms with Gasteiger partial charge in [-0.2, -0.15) is 13.2 Å². The lowest BCUT2D eigenvalue weighted by Crippen LogP contribution is -2.35. The molecule has 2 heterocycles. The Morgan fingerprint density at radius 3 is 2.37 bits per heavy atom. The third-order valence-corrected chi connectivity index (χ3v) is 6.54. The molecule has 2 atom stereocenters. The number of hydrogen-bond donors (Lipinski definition) is 1. The molecule has 6 nitrogen and oxygen atoms in total. The van der Waals surface area contributed by atoms with Gasteiger partial charge in [0, 0.05) is 48.8 Å². The van der Waals surface area contributed by atoms with Gasteiger partial charge in [0.25, 0.3) is 5.56 Å². The van der Waals surface area contributed by atoms with E-state index in [1.165, 1.54) is 17.9 Å². The Hall–Kier alpha value is -3.46. The second kappa shape index (κ2) is 12.4. The van der Waals surface area contributed by atoms with E-state index in [1.807, 2.05) is 52.0 Å². The SMILES string of the molecule is COC(=O)C[C@H](NC[C@@H](CC(C)C)n1ccc(C(F)(F)F)cc1=O)c1cncc(-c2c(C)cccc2C)c1. The maximum absolute atomic E-state index is 13.1. The van der Waals surface area contributed by atoms with Crippen molar-refractivity contribution >= 4 is 5.97 Å². The number of aromatic nitrogens is 2. The fraction of sp³-hybridized carbons (Fsp3) is 0.414. The Bertz CT molecular complexity index is 1300. The van der Waals surface area contributed by atoms with Gasteiger partial charge in [-0.25, -0.2) is 0 Å². The van der Waals surface area contributed by atoms with Crippen molar-refractivity contribution in [2.75, 3.05) is 13.7 Å². The van der Waals surface area contributed by atoms with Crippen LogP contribution in [0.1, 0.15) is 61.0 Å². The largest absolute Gasteiger partial charge is 0.469 e. The standard InChI is InChI=1S/C29H34F3N3O3/c1-18(2)11-24(35-10-9-23(13-26(35)36)29(30,31)32)17-34-25(14-27(37)38-5)21-12-22(16-33-15-21)28-19(3)7-6-8-20(28)4/h6-10,12-13,15-16,18,24-25,34H,11,14,17H2,1-5H3/t24-,25+/m1/s1. The molecule has 3 rings (SSSR count). The quantitative estimate of drug-likeness (QED) is 0.325. The first kappa shape index (κ1) is 29.1. The van der Waals surface area contributed by atoms with Gasteiger partial charge < -0.3 is 14.6 Å². The minimum absolute atomic E-state index is 0.0185. The Balaban J connectivity index is 1.94. The van der Waals surface area contributed by atoms with Gasteiger partial charge in [0.2, 0.25) is 0 Å². The van der Waals surface area contributed by atoms with Crippen LogP contribution in [0, 0.1) is 19.8 Å². The highest BCUT2D eigenvalue weighted by Gasteiger charge is 2.31. The second-order valence-corrected chi connectivity index (χ2v) is 9.96. The number of ether oxygens (including phenoxy) is 1. The number of esters is 1. The van der Waals surface area contributed by atoms with E-state index in [0.29, 0.717) is 12.5 Å². The number of methoxy groups -OCH3 is 1. The normalized spacial score (nSPS) is 13.4. The van der Waals surface area contributed by atoms with Crippen LogP contribution in [0.5, 0.6) is 0 Å². The van der Waals surface area contributed by atoms with Crippen LogP contribution in [0.3, 0.4) is 0 Å². The number of carbonyl (C=O) groups is 1. The zero-order chi connectivity index (χ0) is 28.0. The van der Waals surface area contributed by atoms with Gasteiger partial charge in [0.15, 0.2) is 0 Å². The molecule has 0 saturated carbocycles. The first-order chi connectivity index (χ1) is 17.9.